The average molecular weight is 230 g/mol. The summed E-state index contributed by atoms with van der Waals surface area (Å²) in [5.41, 5.74) is 3.87. The van der Waals surface area contributed by atoms with E-state index in [4.69, 9.17) is 5.84 Å². The first kappa shape index (κ1) is 11.3. The fourth-order valence-electron chi connectivity index (χ4n) is 1.72. The van der Waals surface area contributed by atoms with Crippen molar-refractivity contribution in [3.05, 3.63) is 53.9 Å². The van der Waals surface area contributed by atoms with Crippen molar-refractivity contribution in [3.63, 3.8) is 0 Å². The Morgan fingerprint density at radius 1 is 1.35 bits per heavy atom. The summed E-state index contributed by atoms with van der Waals surface area (Å²) in [5, 5.41) is 4.26. The predicted molar refractivity (Wildman–Crippen MR) is 63.9 cm³/mol. The first-order chi connectivity index (χ1) is 8.22. The molecule has 5 heteroatoms. The Hall–Kier alpha value is -2.14. The smallest absolute Gasteiger partial charge is 0.263 e. The third kappa shape index (κ3) is 2.34. The molecule has 1 heterocycles. The molecule has 0 aliphatic heterocycles. The number of aryl methyl sites for hydroxylation is 1. The minimum atomic E-state index is -0.533. The normalized spacial score (nSPS) is 12.1. The van der Waals surface area contributed by atoms with Crippen molar-refractivity contribution in [2.24, 2.45) is 5.84 Å². The molecule has 17 heavy (non-hydrogen) atoms. The quantitative estimate of drug-likeness (QED) is 0.464. The van der Waals surface area contributed by atoms with Gasteiger partial charge in [-0.15, -0.1) is 0 Å². The molecule has 0 saturated heterocycles. The Bertz CT molecular complexity index is 506. The van der Waals surface area contributed by atoms with Gasteiger partial charge >= 0.3 is 0 Å². The molecule has 2 aromatic rings. The highest BCUT2D eigenvalue weighted by Crippen LogP contribution is 2.17. The van der Waals surface area contributed by atoms with Crippen LogP contribution in [0.1, 0.15) is 17.3 Å². The zero-order chi connectivity index (χ0) is 12.3. The van der Waals surface area contributed by atoms with Gasteiger partial charge in [-0.25, -0.2) is 5.84 Å². The highest BCUT2D eigenvalue weighted by molar-refractivity contribution is 5.82. The highest BCUT2D eigenvalue weighted by Gasteiger charge is 2.22. The van der Waals surface area contributed by atoms with Crippen molar-refractivity contribution in [1.29, 1.82) is 0 Å². The lowest BCUT2D eigenvalue weighted by Gasteiger charge is -2.16. The van der Waals surface area contributed by atoms with Crippen LogP contribution >= 0.6 is 0 Å². The van der Waals surface area contributed by atoms with Crippen LogP contribution in [0.5, 0.6) is 0 Å². The molecule has 1 atom stereocenters. The van der Waals surface area contributed by atoms with Gasteiger partial charge in [0.2, 0.25) is 0 Å². The van der Waals surface area contributed by atoms with E-state index in [-0.39, 0.29) is 5.91 Å². The third-order valence-electron chi connectivity index (χ3n) is 2.51. The second kappa shape index (κ2) is 4.80. The average Bonchev–Trinajstić information content (AvgIpc) is 2.77. The van der Waals surface area contributed by atoms with Crippen LogP contribution in [0.4, 0.5) is 0 Å². The fourth-order valence-corrected chi connectivity index (χ4v) is 1.72. The largest absolute Gasteiger partial charge is 0.292 e. The summed E-state index contributed by atoms with van der Waals surface area (Å²) in [4.78, 5) is 11.8. The SMILES string of the molecule is Cc1ccn(C(C(=O)NN)c2ccccc2)n1. The van der Waals surface area contributed by atoms with E-state index in [1.807, 2.05) is 43.3 Å². The molecule has 0 spiro atoms. The van der Waals surface area contributed by atoms with Gasteiger partial charge in [-0.05, 0) is 18.6 Å². The van der Waals surface area contributed by atoms with Crippen molar-refractivity contribution < 1.29 is 4.79 Å². The molecule has 1 aromatic carbocycles. The lowest BCUT2D eigenvalue weighted by Crippen LogP contribution is -2.37. The second-order valence-electron chi connectivity index (χ2n) is 3.76. The van der Waals surface area contributed by atoms with Crippen LogP contribution in [0, 0.1) is 6.92 Å². The molecular formula is C12H14N4O. The summed E-state index contributed by atoms with van der Waals surface area (Å²) >= 11 is 0. The summed E-state index contributed by atoms with van der Waals surface area (Å²) in [6.45, 7) is 1.87. The number of carbonyl (C=O) groups excluding carboxylic acids is 1. The van der Waals surface area contributed by atoms with Crippen molar-refractivity contribution in [1.82, 2.24) is 15.2 Å². The number of rotatable bonds is 3. The van der Waals surface area contributed by atoms with Crippen molar-refractivity contribution in [2.45, 2.75) is 13.0 Å². The monoisotopic (exact) mass is 230 g/mol. The first-order valence-corrected chi connectivity index (χ1v) is 5.29. The summed E-state index contributed by atoms with van der Waals surface area (Å²) in [6, 6.07) is 10.7. The number of nitrogens with two attached hydrogens (primary N) is 1. The predicted octanol–water partition coefficient (Wildman–Crippen LogP) is 0.771. The number of nitrogens with one attached hydrogen (secondary N) is 1. The zero-order valence-electron chi connectivity index (χ0n) is 9.50. The van der Waals surface area contributed by atoms with Crippen LogP contribution in [0.15, 0.2) is 42.6 Å². The first-order valence-electron chi connectivity index (χ1n) is 5.29. The Morgan fingerprint density at radius 2 is 2.06 bits per heavy atom. The second-order valence-corrected chi connectivity index (χ2v) is 3.76. The summed E-state index contributed by atoms with van der Waals surface area (Å²) in [5.74, 6) is 4.92. The van der Waals surface area contributed by atoms with E-state index in [1.54, 1.807) is 10.9 Å². The highest BCUT2D eigenvalue weighted by atomic mass is 16.2. The molecule has 88 valence electrons. The molecule has 0 bridgehead atoms. The zero-order valence-corrected chi connectivity index (χ0v) is 9.50. The lowest BCUT2D eigenvalue weighted by molar-refractivity contribution is -0.123. The van der Waals surface area contributed by atoms with Crippen molar-refractivity contribution >= 4 is 5.91 Å². The number of nitrogens with zero attached hydrogens (tertiary/aromatic N) is 2. The summed E-state index contributed by atoms with van der Waals surface area (Å²) in [6.07, 6.45) is 1.77. The molecule has 1 aromatic heterocycles. The molecule has 0 radical (unpaired) electrons. The van der Waals surface area contributed by atoms with E-state index in [9.17, 15) is 4.79 Å². The molecule has 0 fully saturated rings. The number of hydrogen-bond acceptors (Lipinski definition) is 3. The van der Waals surface area contributed by atoms with Gasteiger partial charge < -0.3 is 0 Å². The van der Waals surface area contributed by atoms with Crippen LogP contribution < -0.4 is 11.3 Å². The van der Waals surface area contributed by atoms with Gasteiger partial charge in [-0.2, -0.15) is 5.10 Å². The van der Waals surface area contributed by atoms with Crippen molar-refractivity contribution in [2.75, 3.05) is 0 Å². The molecule has 0 saturated carbocycles. The number of benzene rings is 1. The minimum Gasteiger partial charge on any atom is -0.292 e. The van der Waals surface area contributed by atoms with Gasteiger partial charge in [0.25, 0.3) is 5.91 Å². The Morgan fingerprint density at radius 3 is 2.59 bits per heavy atom. The van der Waals surface area contributed by atoms with E-state index < -0.39 is 6.04 Å². The third-order valence-corrected chi connectivity index (χ3v) is 2.51. The maximum Gasteiger partial charge on any atom is 0.263 e. The van der Waals surface area contributed by atoms with E-state index in [0.717, 1.165) is 11.3 Å². The van der Waals surface area contributed by atoms with Gasteiger partial charge in [0.05, 0.1) is 5.69 Å². The van der Waals surface area contributed by atoms with E-state index >= 15 is 0 Å². The van der Waals surface area contributed by atoms with Crippen LogP contribution in [-0.2, 0) is 4.79 Å². The van der Waals surface area contributed by atoms with Gasteiger partial charge in [-0.3, -0.25) is 14.9 Å². The molecule has 0 aliphatic rings. The Balaban J connectivity index is 2.42. The summed E-state index contributed by atoms with van der Waals surface area (Å²) in [7, 11) is 0. The van der Waals surface area contributed by atoms with Gasteiger partial charge in [-0.1, -0.05) is 30.3 Å². The van der Waals surface area contributed by atoms with Crippen LogP contribution in [0.3, 0.4) is 0 Å². The molecule has 2 rings (SSSR count). The van der Waals surface area contributed by atoms with Crippen LogP contribution in [0.25, 0.3) is 0 Å². The molecule has 1 unspecified atom stereocenters. The lowest BCUT2D eigenvalue weighted by atomic mass is 10.1. The van der Waals surface area contributed by atoms with Gasteiger partial charge in [0.15, 0.2) is 6.04 Å². The topological polar surface area (TPSA) is 72.9 Å². The van der Waals surface area contributed by atoms with E-state index in [1.165, 1.54) is 0 Å². The Labute approximate surface area is 99.2 Å². The number of aromatic nitrogens is 2. The molecule has 1 amide bonds. The molecule has 5 nitrogen and oxygen atoms in total. The van der Waals surface area contributed by atoms with Crippen molar-refractivity contribution in [3.8, 4) is 0 Å². The molecule has 3 N–H and O–H groups in total. The maximum atomic E-state index is 11.8. The minimum absolute atomic E-state index is 0.292. The Kier molecular flexibility index (Phi) is 3.20. The standard InChI is InChI=1S/C12H14N4O/c1-9-7-8-16(15-9)11(12(17)14-13)10-5-3-2-4-6-10/h2-8,11H,13H2,1H3,(H,14,17). The summed E-state index contributed by atoms with van der Waals surface area (Å²) < 4.78 is 1.60. The number of carbonyl (C=O) groups is 1. The van der Waals surface area contributed by atoms with E-state index in [2.05, 4.69) is 10.5 Å². The molecular weight excluding hydrogens is 216 g/mol. The van der Waals surface area contributed by atoms with Gasteiger partial charge in [0, 0.05) is 6.20 Å². The fraction of sp³-hybridized carbons (Fsp3) is 0.167. The number of hydrogen-bond donors (Lipinski definition) is 2. The van der Waals surface area contributed by atoms with Gasteiger partial charge in [0.1, 0.15) is 0 Å². The molecule has 0 aliphatic carbocycles. The van der Waals surface area contributed by atoms with E-state index in [0.29, 0.717) is 0 Å². The number of hydrazine groups is 1. The van der Waals surface area contributed by atoms with Crippen LogP contribution in [0.2, 0.25) is 0 Å². The van der Waals surface area contributed by atoms with Crippen LogP contribution in [-0.4, -0.2) is 15.7 Å². The number of amides is 1. The maximum absolute atomic E-state index is 11.8.